The van der Waals surface area contributed by atoms with E-state index in [4.69, 9.17) is 10.8 Å². The molecule has 0 saturated heterocycles. The molecule has 5 heteroatoms. The summed E-state index contributed by atoms with van der Waals surface area (Å²) in [4.78, 5) is 0. The second-order valence-electron chi connectivity index (χ2n) is 3.28. The van der Waals surface area contributed by atoms with Gasteiger partial charge in [0.15, 0.2) is 0 Å². The molecule has 0 fully saturated rings. The first-order valence-electron chi connectivity index (χ1n) is 4.51. The van der Waals surface area contributed by atoms with E-state index >= 15 is 0 Å². The van der Waals surface area contributed by atoms with Crippen LogP contribution in [0.3, 0.4) is 0 Å². The van der Waals surface area contributed by atoms with Crippen LogP contribution in [0.4, 0.5) is 5.69 Å². The van der Waals surface area contributed by atoms with Gasteiger partial charge in [-0.2, -0.15) is 0 Å². The van der Waals surface area contributed by atoms with Crippen molar-refractivity contribution in [3.63, 3.8) is 0 Å². The summed E-state index contributed by atoms with van der Waals surface area (Å²) in [5.41, 5.74) is 7.16. The summed E-state index contributed by atoms with van der Waals surface area (Å²) >= 11 is 3.08. The summed E-state index contributed by atoms with van der Waals surface area (Å²) in [5.74, 6) is 0. The lowest BCUT2D eigenvalue weighted by Crippen LogP contribution is -2.19. The summed E-state index contributed by atoms with van der Waals surface area (Å²) in [5, 5.41) is 28.4. The minimum atomic E-state index is -0.977. The van der Waals surface area contributed by atoms with Crippen molar-refractivity contribution >= 4 is 21.6 Å². The molecule has 84 valence electrons. The number of aliphatic hydroxyl groups excluding tert-OH is 3. The molecule has 2 atom stereocenters. The lowest BCUT2D eigenvalue weighted by molar-refractivity contribution is 0.0342. The van der Waals surface area contributed by atoms with Crippen molar-refractivity contribution in [1.29, 1.82) is 0 Å². The van der Waals surface area contributed by atoms with E-state index in [9.17, 15) is 10.2 Å². The molecular weight excluding hydrogens is 262 g/mol. The number of rotatable bonds is 4. The first kappa shape index (κ1) is 12.4. The van der Waals surface area contributed by atoms with Gasteiger partial charge in [0.2, 0.25) is 0 Å². The number of nitrogen functional groups attached to an aromatic ring is 1. The van der Waals surface area contributed by atoms with Crippen molar-refractivity contribution in [1.82, 2.24) is 0 Å². The Labute approximate surface area is 96.5 Å². The molecular formula is C10H14BrNO3. The molecule has 0 aromatic heterocycles. The number of anilines is 1. The van der Waals surface area contributed by atoms with Gasteiger partial charge >= 0.3 is 0 Å². The Bertz CT molecular complexity index is 332. The van der Waals surface area contributed by atoms with Crippen molar-refractivity contribution in [2.45, 2.75) is 18.8 Å². The van der Waals surface area contributed by atoms with Gasteiger partial charge in [-0.1, -0.05) is 22.0 Å². The summed E-state index contributed by atoms with van der Waals surface area (Å²) in [6, 6.07) is 4.82. The van der Waals surface area contributed by atoms with E-state index in [2.05, 4.69) is 15.9 Å². The zero-order chi connectivity index (χ0) is 11.4. The number of hydrogen-bond acceptors (Lipinski definition) is 4. The Hall–Kier alpha value is -0.620. The zero-order valence-corrected chi connectivity index (χ0v) is 9.68. The second-order valence-corrected chi connectivity index (χ2v) is 3.93. The number of aliphatic hydroxyl groups is 3. The van der Waals surface area contributed by atoms with Crippen LogP contribution >= 0.6 is 15.9 Å². The fourth-order valence-corrected chi connectivity index (χ4v) is 1.61. The molecule has 0 aliphatic rings. The Morgan fingerprint density at radius 1 is 1.33 bits per heavy atom. The molecule has 0 amide bonds. The van der Waals surface area contributed by atoms with Crippen LogP contribution in [0.1, 0.15) is 17.2 Å². The van der Waals surface area contributed by atoms with Gasteiger partial charge in [0.05, 0.1) is 12.7 Å². The molecule has 0 heterocycles. The maximum atomic E-state index is 9.70. The smallest absolute Gasteiger partial charge is 0.106 e. The Balaban J connectivity index is 2.95. The SMILES string of the molecule is Nc1ccc(C(O)C(O)CBr)cc1CO. The van der Waals surface area contributed by atoms with Gasteiger partial charge in [0.1, 0.15) is 6.10 Å². The van der Waals surface area contributed by atoms with Gasteiger partial charge < -0.3 is 21.1 Å². The number of alkyl halides is 1. The highest BCUT2D eigenvalue weighted by atomic mass is 79.9. The lowest BCUT2D eigenvalue weighted by Gasteiger charge is -2.17. The lowest BCUT2D eigenvalue weighted by atomic mass is 10.0. The van der Waals surface area contributed by atoms with Crippen LogP contribution in [0.5, 0.6) is 0 Å². The third kappa shape index (κ3) is 2.92. The van der Waals surface area contributed by atoms with E-state index in [0.717, 1.165) is 0 Å². The monoisotopic (exact) mass is 275 g/mol. The molecule has 0 aliphatic heterocycles. The quantitative estimate of drug-likeness (QED) is 0.478. The van der Waals surface area contributed by atoms with Crippen LogP contribution < -0.4 is 5.73 Å². The van der Waals surface area contributed by atoms with Crippen LogP contribution in [0.25, 0.3) is 0 Å². The number of nitrogens with two attached hydrogens (primary N) is 1. The van der Waals surface area contributed by atoms with Crippen LogP contribution in [0.2, 0.25) is 0 Å². The first-order valence-corrected chi connectivity index (χ1v) is 5.63. The fourth-order valence-electron chi connectivity index (χ4n) is 1.25. The number of hydrogen-bond donors (Lipinski definition) is 4. The highest BCUT2D eigenvalue weighted by Gasteiger charge is 2.17. The minimum Gasteiger partial charge on any atom is -0.398 e. The van der Waals surface area contributed by atoms with Crippen LogP contribution in [0, 0.1) is 0 Å². The standard InChI is InChI=1S/C10H14BrNO3/c11-4-9(14)10(15)6-1-2-8(12)7(3-6)5-13/h1-3,9-10,13-15H,4-5,12H2. The van der Waals surface area contributed by atoms with E-state index < -0.39 is 12.2 Å². The number of halogens is 1. The van der Waals surface area contributed by atoms with Crippen molar-refractivity contribution in [3.05, 3.63) is 29.3 Å². The maximum Gasteiger partial charge on any atom is 0.106 e. The third-order valence-electron chi connectivity index (χ3n) is 2.20. The van der Waals surface area contributed by atoms with E-state index in [1.165, 1.54) is 0 Å². The average molecular weight is 276 g/mol. The topological polar surface area (TPSA) is 86.7 Å². The van der Waals surface area contributed by atoms with Crippen molar-refractivity contribution in [2.75, 3.05) is 11.1 Å². The normalized spacial score (nSPS) is 14.9. The Morgan fingerprint density at radius 3 is 2.53 bits per heavy atom. The Kier molecular flexibility index (Phi) is 4.53. The number of benzene rings is 1. The molecule has 15 heavy (non-hydrogen) atoms. The molecule has 0 radical (unpaired) electrons. The average Bonchev–Trinajstić information content (AvgIpc) is 2.27. The zero-order valence-electron chi connectivity index (χ0n) is 8.10. The predicted molar refractivity (Wildman–Crippen MR) is 61.5 cm³/mol. The van der Waals surface area contributed by atoms with Gasteiger partial charge in [0.25, 0.3) is 0 Å². The molecule has 0 saturated carbocycles. The molecule has 4 nitrogen and oxygen atoms in total. The fraction of sp³-hybridized carbons (Fsp3) is 0.400. The molecule has 0 aliphatic carbocycles. The Morgan fingerprint density at radius 2 is 2.00 bits per heavy atom. The van der Waals surface area contributed by atoms with E-state index in [0.29, 0.717) is 16.8 Å². The third-order valence-corrected chi connectivity index (χ3v) is 2.86. The summed E-state index contributed by atoms with van der Waals surface area (Å²) in [7, 11) is 0. The molecule has 0 spiro atoms. The molecule has 2 unspecified atom stereocenters. The predicted octanol–water partition coefficient (Wildman–Crippen LogP) is 0.550. The summed E-state index contributed by atoms with van der Waals surface area (Å²) in [6.07, 6.45) is -1.85. The molecule has 1 aromatic rings. The van der Waals surface area contributed by atoms with Crippen molar-refractivity contribution in [3.8, 4) is 0 Å². The minimum absolute atomic E-state index is 0.184. The van der Waals surface area contributed by atoms with Gasteiger partial charge in [-0.3, -0.25) is 0 Å². The van der Waals surface area contributed by atoms with Gasteiger partial charge in [-0.05, 0) is 17.7 Å². The summed E-state index contributed by atoms with van der Waals surface area (Å²) in [6.45, 7) is -0.184. The summed E-state index contributed by atoms with van der Waals surface area (Å²) < 4.78 is 0. The molecule has 0 bridgehead atoms. The van der Waals surface area contributed by atoms with Gasteiger partial charge in [0, 0.05) is 16.6 Å². The van der Waals surface area contributed by atoms with Crippen LogP contribution in [0.15, 0.2) is 18.2 Å². The van der Waals surface area contributed by atoms with Crippen LogP contribution in [-0.4, -0.2) is 26.8 Å². The highest BCUT2D eigenvalue weighted by Crippen LogP contribution is 2.22. The van der Waals surface area contributed by atoms with Gasteiger partial charge in [-0.15, -0.1) is 0 Å². The van der Waals surface area contributed by atoms with E-state index in [-0.39, 0.29) is 11.9 Å². The molecule has 1 aromatic carbocycles. The largest absolute Gasteiger partial charge is 0.398 e. The van der Waals surface area contributed by atoms with E-state index in [1.807, 2.05) is 0 Å². The van der Waals surface area contributed by atoms with E-state index in [1.54, 1.807) is 18.2 Å². The van der Waals surface area contributed by atoms with Crippen molar-refractivity contribution in [2.24, 2.45) is 0 Å². The molecule has 5 N–H and O–H groups in total. The van der Waals surface area contributed by atoms with Crippen molar-refractivity contribution < 1.29 is 15.3 Å². The van der Waals surface area contributed by atoms with Gasteiger partial charge in [-0.25, -0.2) is 0 Å². The maximum absolute atomic E-state index is 9.70. The molecule has 1 rings (SSSR count). The van der Waals surface area contributed by atoms with Crippen LogP contribution in [-0.2, 0) is 6.61 Å². The first-order chi connectivity index (χ1) is 7.10. The highest BCUT2D eigenvalue weighted by molar-refractivity contribution is 9.09. The second kappa shape index (κ2) is 5.46.